The summed E-state index contributed by atoms with van der Waals surface area (Å²) < 4.78 is 33.1. The minimum absolute atomic E-state index is 0.0466. The lowest BCUT2D eigenvalue weighted by Crippen LogP contribution is -2.39. The molecule has 32 heavy (non-hydrogen) atoms. The molecule has 0 aliphatic heterocycles. The Balaban J connectivity index is 2.02. The van der Waals surface area contributed by atoms with Crippen LogP contribution in [0.25, 0.3) is 0 Å². The quantitative estimate of drug-likeness (QED) is 0.385. The third kappa shape index (κ3) is 4.95. The number of hydrogen-bond acceptors (Lipinski definition) is 6. The first-order valence-corrected chi connectivity index (χ1v) is 10.7. The maximum absolute atomic E-state index is 13.3. The lowest BCUT2D eigenvalue weighted by atomic mass is 10.2. The average Bonchev–Trinajstić information content (AvgIpc) is 2.78. The number of hydrogen-bond donors (Lipinski definition) is 2. The van der Waals surface area contributed by atoms with Gasteiger partial charge in [0.15, 0.2) is 12.4 Å². The Morgan fingerprint density at radius 2 is 1.69 bits per heavy atom. The molecule has 0 radical (unpaired) electrons. The van der Waals surface area contributed by atoms with Gasteiger partial charge >= 0.3 is 0 Å². The summed E-state index contributed by atoms with van der Waals surface area (Å²) in [6.45, 7) is -0.650. The zero-order chi connectivity index (χ0) is 23.3. The number of rotatable bonds is 8. The number of nitrogens with zero attached hydrogens (tertiary/aromatic N) is 2. The topological polar surface area (TPSA) is 146 Å². The van der Waals surface area contributed by atoms with Gasteiger partial charge in [-0.05, 0) is 36.4 Å². The van der Waals surface area contributed by atoms with E-state index in [1.54, 1.807) is 12.1 Å². The summed E-state index contributed by atoms with van der Waals surface area (Å²) in [4.78, 5) is 24.2. The number of pyridine rings is 1. The molecule has 3 aromatic rings. The number of carbonyl (C=O) groups excluding carboxylic acids is 2. The van der Waals surface area contributed by atoms with Gasteiger partial charge in [0.2, 0.25) is 5.91 Å². The molecule has 0 saturated heterocycles. The highest BCUT2D eigenvalue weighted by atomic mass is 32.2. The molecule has 0 spiro atoms. The molecule has 0 bridgehead atoms. The molecule has 1 heterocycles. The normalized spacial score (nSPS) is 10.9. The number of para-hydroxylation sites is 2. The number of aromatic nitrogens is 1. The highest BCUT2D eigenvalue weighted by Crippen LogP contribution is 2.31. The van der Waals surface area contributed by atoms with Gasteiger partial charge in [-0.3, -0.25) is 13.9 Å². The Kier molecular flexibility index (Phi) is 6.59. The van der Waals surface area contributed by atoms with Crippen molar-refractivity contribution >= 4 is 33.2 Å². The maximum Gasteiger partial charge on any atom is 0.264 e. The first kappa shape index (κ1) is 22.6. The molecule has 1 aromatic heterocycles. The summed E-state index contributed by atoms with van der Waals surface area (Å²) in [7, 11) is -2.77. The Morgan fingerprint density at radius 3 is 2.28 bits per heavy atom. The summed E-state index contributed by atoms with van der Waals surface area (Å²) in [5, 5.41) is 13.8. The van der Waals surface area contributed by atoms with Crippen molar-refractivity contribution < 1.29 is 27.5 Å². The van der Waals surface area contributed by atoms with Crippen LogP contribution in [0.1, 0.15) is 10.4 Å². The number of amides is 2. The largest absolute Gasteiger partial charge is 0.619 e. The highest BCUT2D eigenvalue weighted by Gasteiger charge is 2.28. The summed E-state index contributed by atoms with van der Waals surface area (Å²) in [5.74, 6) is -0.995. The van der Waals surface area contributed by atoms with E-state index in [0.29, 0.717) is 10.5 Å². The van der Waals surface area contributed by atoms with Crippen LogP contribution in [-0.4, -0.2) is 33.9 Å². The number of methoxy groups -OCH3 is 1. The summed E-state index contributed by atoms with van der Waals surface area (Å²) in [5.41, 5.74) is 5.69. The second-order valence-corrected chi connectivity index (χ2v) is 8.43. The molecule has 11 heteroatoms. The van der Waals surface area contributed by atoms with Crippen molar-refractivity contribution in [2.45, 2.75) is 4.90 Å². The van der Waals surface area contributed by atoms with Crippen LogP contribution < -0.4 is 24.8 Å². The molecule has 10 nitrogen and oxygen atoms in total. The number of anilines is 2. The van der Waals surface area contributed by atoms with Crippen LogP contribution in [0.15, 0.2) is 78.0 Å². The minimum Gasteiger partial charge on any atom is -0.619 e. The molecule has 2 aromatic carbocycles. The van der Waals surface area contributed by atoms with Gasteiger partial charge in [0.25, 0.3) is 15.9 Å². The highest BCUT2D eigenvalue weighted by molar-refractivity contribution is 7.92. The molecule has 166 valence electrons. The van der Waals surface area contributed by atoms with E-state index in [1.165, 1.54) is 55.6 Å². The van der Waals surface area contributed by atoms with E-state index in [4.69, 9.17) is 10.5 Å². The lowest BCUT2D eigenvalue weighted by Gasteiger charge is -2.25. The molecule has 0 saturated carbocycles. The number of nitrogens with two attached hydrogens (primary N) is 1. The fraction of sp³-hybridized carbons (Fsp3) is 0.0952. The van der Waals surface area contributed by atoms with Crippen LogP contribution in [0.2, 0.25) is 0 Å². The summed E-state index contributed by atoms with van der Waals surface area (Å²) in [6, 6.07) is 14.3. The molecule has 0 aliphatic rings. The third-order valence-electron chi connectivity index (χ3n) is 4.43. The molecule has 2 amide bonds. The van der Waals surface area contributed by atoms with Crippen LogP contribution in [0.3, 0.4) is 0 Å². The monoisotopic (exact) mass is 456 g/mol. The Morgan fingerprint density at radius 1 is 1.06 bits per heavy atom. The molecule has 0 fully saturated rings. The van der Waals surface area contributed by atoms with Crippen molar-refractivity contribution in [3.63, 3.8) is 0 Å². The Bertz CT molecular complexity index is 1230. The summed E-state index contributed by atoms with van der Waals surface area (Å²) >= 11 is 0. The number of sulfonamides is 1. The fourth-order valence-electron chi connectivity index (χ4n) is 2.87. The van der Waals surface area contributed by atoms with Gasteiger partial charge in [-0.15, -0.1) is 0 Å². The van der Waals surface area contributed by atoms with E-state index in [2.05, 4.69) is 5.32 Å². The number of benzene rings is 2. The molecule has 3 rings (SSSR count). The van der Waals surface area contributed by atoms with Crippen molar-refractivity contribution in [2.24, 2.45) is 5.73 Å². The van der Waals surface area contributed by atoms with Crippen LogP contribution in [-0.2, 0) is 14.8 Å². The van der Waals surface area contributed by atoms with E-state index >= 15 is 0 Å². The molecule has 0 unspecified atom stereocenters. The van der Waals surface area contributed by atoms with E-state index < -0.39 is 28.4 Å². The van der Waals surface area contributed by atoms with Gasteiger partial charge in [0, 0.05) is 12.1 Å². The second-order valence-electron chi connectivity index (χ2n) is 6.57. The van der Waals surface area contributed by atoms with E-state index in [9.17, 15) is 23.2 Å². The molecular formula is C21H20N4O6S. The lowest BCUT2D eigenvalue weighted by molar-refractivity contribution is -0.605. The van der Waals surface area contributed by atoms with E-state index in [1.807, 2.05) is 0 Å². The average molecular weight is 456 g/mol. The number of nitrogens with one attached hydrogen (secondary N) is 1. The Labute approximate surface area is 184 Å². The second kappa shape index (κ2) is 9.35. The van der Waals surface area contributed by atoms with Gasteiger partial charge in [-0.25, -0.2) is 8.42 Å². The SMILES string of the molecule is COc1ccc(S(=O)(=O)N(CC(N)=O)c2ccccc2NC(=O)c2cc[n+]([O-])cc2)cc1. The minimum atomic E-state index is -4.22. The zero-order valence-corrected chi connectivity index (χ0v) is 17.8. The Hall–Kier alpha value is -4.12. The third-order valence-corrected chi connectivity index (χ3v) is 6.21. The standard InChI is InChI=1S/C21H20N4O6S/c1-31-16-6-8-17(9-7-16)32(29,30)25(14-20(22)26)19-5-3-2-4-18(19)23-21(27)15-10-12-24(28)13-11-15/h2-13H,14H2,1H3,(H2,22,26)(H,23,27). The first-order valence-electron chi connectivity index (χ1n) is 9.26. The van der Waals surface area contributed by atoms with Crippen molar-refractivity contribution in [3.05, 3.63) is 83.8 Å². The zero-order valence-electron chi connectivity index (χ0n) is 17.0. The van der Waals surface area contributed by atoms with Gasteiger partial charge in [-0.1, -0.05) is 12.1 Å². The van der Waals surface area contributed by atoms with Crippen molar-refractivity contribution in [2.75, 3.05) is 23.3 Å². The van der Waals surface area contributed by atoms with Gasteiger partial charge in [-0.2, -0.15) is 4.73 Å². The van der Waals surface area contributed by atoms with Crippen LogP contribution in [0.4, 0.5) is 11.4 Å². The molecule has 0 aliphatic carbocycles. The first-order chi connectivity index (χ1) is 15.2. The predicted octanol–water partition coefficient (Wildman–Crippen LogP) is 1.26. The van der Waals surface area contributed by atoms with Crippen LogP contribution >= 0.6 is 0 Å². The number of ether oxygens (including phenoxy) is 1. The molecule has 3 N–H and O–H groups in total. The fourth-order valence-corrected chi connectivity index (χ4v) is 4.32. The summed E-state index contributed by atoms with van der Waals surface area (Å²) in [6.07, 6.45) is 2.32. The van der Waals surface area contributed by atoms with Crippen molar-refractivity contribution in [1.29, 1.82) is 0 Å². The van der Waals surface area contributed by atoms with E-state index in [0.717, 1.165) is 16.7 Å². The van der Waals surface area contributed by atoms with Crippen LogP contribution in [0, 0.1) is 5.21 Å². The van der Waals surface area contributed by atoms with Gasteiger partial charge < -0.3 is 21.0 Å². The van der Waals surface area contributed by atoms with Crippen molar-refractivity contribution in [1.82, 2.24) is 0 Å². The van der Waals surface area contributed by atoms with Crippen molar-refractivity contribution in [3.8, 4) is 5.75 Å². The molecule has 0 atom stereocenters. The van der Waals surface area contributed by atoms with Gasteiger partial charge in [0.05, 0.1) is 28.9 Å². The van der Waals surface area contributed by atoms with Crippen LogP contribution in [0.5, 0.6) is 5.75 Å². The van der Waals surface area contributed by atoms with Gasteiger partial charge in [0.1, 0.15) is 12.3 Å². The smallest absolute Gasteiger partial charge is 0.264 e. The number of primary amides is 1. The number of carbonyl (C=O) groups is 2. The van der Waals surface area contributed by atoms with E-state index in [-0.39, 0.29) is 21.8 Å². The molecular weight excluding hydrogens is 436 g/mol. The predicted molar refractivity (Wildman–Crippen MR) is 117 cm³/mol. The maximum atomic E-state index is 13.3.